The molecule has 1 aromatic rings. The monoisotopic (exact) mass is 329 g/mol. The standard InChI is InChI=1S/C12H12BrNO5/c1-2-19-12(16)9-4-3-8(14(17)18)7-10(9)11(15)5-6-13/h3-4,7H,2,5-6H2,1H3. The van der Waals surface area contributed by atoms with Crippen LogP contribution in [0.15, 0.2) is 18.2 Å². The topological polar surface area (TPSA) is 86.5 Å². The lowest BCUT2D eigenvalue weighted by Gasteiger charge is -2.07. The number of non-ortho nitro benzene ring substituents is 1. The lowest BCUT2D eigenvalue weighted by molar-refractivity contribution is -0.384. The second-order valence-corrected chi connectivity index (χ2v) is 4.36. The molecule has 0 aliphatic rings. The van der Waals surface area contributed by atoms with Crippen LogP contribution in [0, 0.1) is 10.1 Å². The van der Waals surface area contributed by atoms with Crippen molar-refractivity contribution < 1.29 is 19.2 Å². The van der Waals surface area contributed by atoms with Crippen LogP contribution in [0.3, 0.4) is 0 Å². The van der Waals surface area contributed by atoms with Crippen molar-refractivity contribution in [3.63, 3.8) is 0 Å². The molecule has 0 atom stereocenters. The van der Waals surface area contributed by atoms with E-state index in [2.05, 4.69) is 15.9 Å². The van der Waals surface area contributed by atoms with E-state index in [0.29, 0.717) is 5.33 Å². The zero-order chi connectivity index (χ0) is 14.4. The van der Waals surface area contributed by atoms with Gasteiger partial charge in [0.05, 0.1) is 17.1 Å². The van der Waals surface area contributed by atoms with Gasteiger partial charge in [-0.15, -0.1) is 0 Å². The summed E-state index contributed by atoms with van der Waals surface area (Å²) in [6.07, 6.45) is 0.146. The Morgan fingerprint density at radius 3 is 2.58 bits per heavy atom. The average Bonchev–Trinajstić information content (AvgIpc) is 2.38. The third-order valence-electron chi connectivity index (χ3n) is 2.33. The molecule has 0 N–H and O–H groups in total. The van der Waals surface area contributed by atoms with Gasteiger partial charge in [0.25, 0.3) is 5.69 Å². The van der Waals surface area contributed by atoms with E-state index in [0.717, 1.165) is 6.07 Å². The van der Waals surface area contributed by atoms with Crippen molar-refractivity contribution in [1.29, 1.82) is 0 Å². The van der Waals surface area contributed by atoms with E-state index in [9.17, 15) is 19.7 Å². The number of nitro benzene ring substituents is 1. The van der Waals surface area contributed by atoms with Gasteiger partial charge in [-0.3, -0.25) is 14.9 Å². The Balaban J connectivity index is 3.26. The lowest BCUT2D eigenvalue weighted by Crippen LogP contribution is -2.12. The van der Waals surface area contributed by atoms with Crippen molar-refractivity contribution in [3.8, 4) is 0 Å². The fourth-order valence-electron chi connectivity index (χ4n) is 1.48. The zero-order valence-corrected chi connectivity index (χ0v) is 11.8. The molecule has 0 radical (unpaired) electrons. The Labute approximate surface area is 118 Å². The summed E-state index contributed by atoms with van der Waals surface area (Å²) in [4.78, 5) is 33.7. The summed E-state index contributed by atoms with van der Waals surface area (Å²) in [5.41, 5.74) is -0.156. The molecule has 0 aromatic heterocycles. The molecule has 19 heavy (non-hydrogen) atoms. The molecule has 6 nitrogen and oxygen atoms in total. The van der Waals surface area contributed by atoms with E-state index >= 15 is 0 Å². The molecular formula is C12H12BrNO5. The lowest BCUT2D eigenvalue weighted by atomic mass is 10.0. The van der Waals surface area contributed by atoms with Crippen molar-refractivity contribution in [1.82, 2.24) is 0 Å². The number of carbonyl (C=O) groups excluding carboxylic acids is 2. The number of hydrogen-bond donors (Lipinski definition) is 0. The van der Waals surface area contributed by atoms with Crippen LogP contribution in [0.4, 0.5) is 5.69 Å². The second kappa shape index (κ2) is 6.98. The SMILES string of the molecule is CCOC(=O)c1ccc([N+](=O)[O-])cc1C(=O)CCBr. The summed E-state index contributed by atoms with van der Waals surface area (Å²) in [6.45, 7) is 1.81. The third kappa shape index (κ3) is 3.85. The van der Waals surface area contributed by atoms with Crippen molar-refractivity contribution in [2.75, 3.05) is 11.9 Å². The highest BCUT2D eigenvalue weighted by Gasteiger charge is 2.21. The molecule has 7 heteroatoms. The molecule has 1 aromatic carbocycles. The molecule has 0 aliphatic carbocycles. The number of Topliss-reactive ketones (excluding diaryl/α,β-unsaturated/α-hetero) is 1. The van der Waals surface area contributed by atoms with Crippen LogP contribution in [-0.4, -0.2) is 28.6 Å². The Kier molecular flexibility index (Phi) is 5.62. The fraction of sp³-hybridized carbons (Fsp3) is 0.333. The molecule has 102 valence electrons. The minimum atomic E-state index is -0.657. The first-order valence-corrected chi connectivity index (χ1v) is 6.68. The molecule has 0 bridgehead atoms. The second-order valence-electron chi connectivity index (χ2n) is 3.57. The minimum Gasteiger partial charge on any atom is -0.462 e. The van der Waals surface area contributed by atoms with E-state index in [-0.39, 0.29) is 35.6 Å². The van der Waals surface area contributed by atoms with E-state index < -0.39 is 10.9 Å². The molecule has 0 saturated heterocycles. The molecule has 0 fully saturated rings. The summed E-state index contributed by atoms with van der Waals surface area (Å²) in [5, 5.41) is 11.1. The number of ether oxygens (including phenoxy) is 1. The van der Waals surface area contributed by atoms with Gasteiger partial charge in [0, 0.05) is 29.4 Å². The van der Waals surface area contributed by atoms with Crippen LogP contribution >= 0.6 is 15.9 Å². The van der Waals surface area contributed by atoms with Gasteiger partial charge in [-0.25, -0.2) is 4.79 Å². The van der Waals surface area contributed by atoms with Gasteiger partial charge in [0.1, 0.15) is 0 Å². The van der Waals surface area contributed by atoms with Gasteiger partial charge >= 0.3 is 5.97 Å². The van der Waals surface area contributed by atoms with Crippen molar-refractivity contribution >= 4 is 33.4 Å². The van der Waals surface area contributed by atoms with Crippen molar-refractivity contribution in [2.24, 2.45) is 0 Å². The molecule has 0 unspecified atom stereocenters. The normalized spacial score (nSPS) is 10.0. The van der Waals surface area contributed by atoms with Crippen LogP contribution in [0.1, 0.15) is 34.1 Å². The summed E-state index contributed by atoms with van der Waals surface area (Å²) in [6, 6.07) is 3.53. The number of carbonyl (C=O) groups is 2. The maximum atomic E-state index is 11.9. The number of ketones is 1. The largest absolute Gasteiger partial charge is 0.462 e. The van der Waals surface area contributed by atoms with Crippen LogP contribution < -0.4 is 0 Å². The van der Waals surface area contributed by atoms with Gasteiger partial charge < -0.3 is 4.74 Å². The smallest absolute Gasteiger partial charge is 0.338 e. The number of nitro groups is 1. The Morgan fingerprint density at radius 2 is 2.05 bits per heavy atom. The molecule has 1 rings (SSSR count). The first-order valence-electron chi connectivity index (χ1n) is 5.56. The first-order chi connectivity index (χ1) is 9.01. The minimum absolute atomic E-state index is 0.0205. The van der Waals surface area contributed by atoms with Gasteiger partial charge in [0.15, 0.2) is 5.78 Å². The number of benzene rings is 1. The predicted molar refractivity (Wildman–Crippen MR) is 71.8 cm³/mol. The van der Waals surface area contributed by atoms with Crippen LogP contribution in [0.25, 0.3) is 0 Å². The number of halogens is 1. The highest BCUT2D eigenvalue weighted by atomic mass is 79.9. The molecule has 0 heterocycles. The van der Waals surface area contributed by atoms with E-state index in [1.807, 2.05) is 0 Å². The molecule has 0 amide bonds. The number of nitrogens with zero attached hydrogens (tertiary/aromatic N) is 1. The Morgan fingerprint density at radius 1 is 1.37 bits per heavy atom. The maximum Gasteiger partial charge on any atom is 0.338 e. The Hall–Kier alpha value is -1.76. The highest BCUT2D eigenvalue weighted by Crippen LogP contribution is 2.20. The number of esters is 1. The zero-order valence-electron chi connectivity index (χ0n) is 10.2. The summed E-state index contributed by atoms with van der Waals surface area (Å²) < 4.78 is 4.82. The van der Waals surface area contributed by atoms with Crippen LogP contribution in [0.5, 0.6) is 0 Å². The molecule has 0 saturated carbocycles. The van der Waals surface area contributed by atoms with Crippen LogP contribution in [-0.2, 0) is 4.74 Å². The third-order valence-corrected chi connectivity index (χ3v) is 2.73. The fourth-order valence-corrected chi connectivity index (χ4v) is 1.84. The van der Waals surface area contributed by atoms with Crippen molar-refractivity contribution in [2.45, 2.75) is 13.3 Å². The van der Waals surface area contributed by atoms with E-state index in [4.69, 9.17) is 4.74 Å². The highest BCUT2D eigenvalue weighted by molar-refractivity contribution is 9.09. The molecule has 0 spiro atoms. The van der Waals surface area contributed by atoms with Crippen molar-refractivity contribution in [3.05, 3.63) is 39.4 Å². The number of hydrogen-bond acceptors (Lipinski definition) is 5. The Bertz CT molecular complexity index is 515. The summed E-state index contributed by atoms with van der Waals surface area (Å²) in [5.74, 6) is -1.00. The first kappa shape index (κ1) is 15.3. The van der Waals surface area contributed by atoms with Gasteiger partial charge in [-0.1, -0.05) is 15.9 Å². The van der Waals surface area contributed by atoms with E-state index in [1.165, 1.54) is 12.1 Å². The van der Waals surface area contributed by atoms with Gasteiger partial charge in [-0.2, -0.15) is 0 Å². The number of alkyl halides is 1. The predicted octanol–water partition coefficient (Wildman–Crippen LogP) is 2.74. The summed E-state index contributed by atoms with van der Waals surface area (Å²) in [7, 11) is 0. The summed E-state index contributed by atoms with van der Waals surface area (Å²) >= 11 is 3.12. The van der Waals surface area contributed by atoms with Gasteiger partial charge in [-0.05, 0) is 13.0 Å². The van der Waals surface area contributed by atoms with E-state index in [1.54, 1.807) is 6.92 Å². The average molecular weight is 330 g/mol. The quantitative estimate of drug-likeness (QED) is 0.263. The maximum absolute atomic E-state index is 11.9. The number of rotatable bonds is 6. The van der Waals surface area contributed by atoms with Crippen LogP contribution in [0.2, 0.25) is 0 Å². The molecule has 0 aliphatic heterocycles. The molecular weight excluding hydrogens is 318 g/mol. The van der Waals surface area contributed by atoms with Gasteiger partial charge in [0.2, 0.25) is 0 Å².